The molecule has 1 aliphatic rings. The van der Waals surface area contributed by atoms with Crippen LogP contribution >= 0.6 is 0 Å². The van der Waals surface area contributed by atoms with Gasteiger partial charge in [-0.15, -0.1) is 0 Å². The van der Waals surface area contributed by atoms with Gasteiger partial charge < -0.3 is 4.74 Å². The fourth-order valence-electron chi connectivity index (χ4n) is 2.86. The van der Waals surface area contributed by atoms with E-state index in [9.17, 15) is 0 Å². The van der Waals surface area contributed by atoms with Crippen molar-refractivity contribution in [3.8, 4) is 0 Å². The van der Waals surface area contributed by atoms with Crippen molar-refractivity contribution in [1.29, 1.82) is 0 Å². The summed E-state index contributed by atoms with van der Waals surface area (Å²) in [6.07, 6.45) is 7.11. The minimum atomic E-state index is 0.246. The van der Waals surface area contributed by atoms with Crippen molar-refractivity contribution in [3.63, 3.8) is 0 Å². The number of nitrogens with zero attached hydrogens (tertiary/aromatic N) is 4. The van der Waals surface area contributed by atoms with E-state index in [2.05, 4.69) is 40.2 Å². The number of rotatable bonds is 5. The predicted molar refractivity (Wildman–Crippen MR) is 79.8 cm³/mol. The Kier molecular flexibility index (Phi) is 4.36. The first kappa shape index (κ1) is 14.3. The molecule has 1 fully saturated rings. The molecule has 6 nitrogen and oxygen atoms in total. The quantitative estimate of drug-likeness (QED) is 0.913. The normalized spacial score (nSPS) is 20.0. The van der Waals surface area contributed by atoms with Crippen molar-refractivity contribution in [3.05, 3.63) is 35.4 Å². The minimum Gasteiger partial charge on any atom is -0.378 e. The molecular formula is C15H23N5O. The van der Waals surface area contributed by atoms with Gasteiger partial charge in [0.05, 0.1) is 37.3 Å². The average molecular weight is 289 g/mol. The van der Waals surface area contributed by atoms with Gasteiger partial charge in [-0.3, -0.25) is 14.7 Å². The van der Waals surface area contributed by atoms with Gasteiger partial charge in [-0.1, -0.05) is 6.92 Å². The standard InChI is InChI=1S/C15H23N5O/c1-3-4-20-10-13(8-17-20)9-19-5-6-21-11-14(19)15-12(2)7-16-18-15/h7-8,10,14H,3-6,9,11H2,1-2H3,(H,16,18)/t14-/m0/s1. The van der Waals surface area contributed by atoms with Crippen molar-refractivity contribution < 1.29 is 4.74 Å². The second kappa shape index (κ2) is 6.41. The number of aryl methyl sites for hydroxylation is 2. The van der Waals surface area contributed by atoms with Crippen LogP contribution < -0.4 is 0 Å². The SMILES string of the molecule is CCCn1cc(CN2CCOC[C@H]2c2[nH]ncc2C)cn1. The Morgan fingerprint density at radius 3 is 3.10 bits per heavy atom. The Morgan fingerprint density at radius 1 is 1.43 bits per heavy atom. The Hall–Kier alpha value is -1.66. The fourth-order valence-corrected chi connectivity index (χ4v) is 2.86. The zero-order valence-electron chi connectivity index (χ0n) is 12.7. The number of hydrogen-bond acceptors (Lipinski definition) is 4. The van der Waals surface area contributed by atoms with Crippen molar-refractivity contribution in [2.24, 2.45) is 0 Å². The maximum absolute atomic E-state index is 5.66. The van der Waals surface area contributed by atoms with Gasteiger partial charge in [0.25, 0.3) is 0 Å². The summed E-state index contributed by atoms with van der Waals surface area (Å²) in [5.74, 6) is 0. The molecule has 0 aliphatic carbocycles. The highest BCUT2D eigenvalue weighted by Gasteiger charge is 2.27. The number of ether oxygens (including phenoxy) is 1. The van der Waals surface area contributed by atoms with Crippen LogP contribution in [0.15, 0.2) is 18.6 Å². The largest absolute Gasteiger partial charge is 0.378 e. The molecule has 1 N–H and O–H groups in total. The summed E-state index contributed by atoms with van der Waals surface area (Å²) in [5, 5.41) is 11.7. The van der Waals surface area contributed by atoms with Crippen LogP contribution in [0.25, 0.3) is 0 Å². The molecule has 1 aliphatic heterocycles. The molecule has 3 heterocycles. The van der Waals surface area contributed by atoms with Crippen LogP contribution in [-0.2, 0) is 17.8 Å². The predicted octanol–water partition coefficient (Wildman–Crippen LogP) is 1.90. The topological polar surface area (TPSA) is 59.0 Å². The fraction of sp³-hybridized carbons (Fsp3) is 0.600. The van der Waals surface area contributed by atoms with E-state index in [-0.39, 0.29) is 6.04 Å². The Morgan fingerprint density at radius 2 is 2.33 bits per heavy atom. The first-order valence-corrected chi connectivity index (χ1v) is 7.61. The van der Waals surface area contributed by atoms with Gasteiger partial charge in [0.1, 0.15) is 0 Å². The lowest BCUT2D eigenvalue weighted by atomic mass is 10.1. The Labute approximate surface area is 125 Å². The molecule has 3 rings (SSSR count). The maximum atomic E-state index is 5.66. The molecule has 0 saturated carbocycles. The lowest BCUT2D eigenvalue weighted by molar-refractivity contribution is -0.0145. The van der Waals surface area contributed by atoms with Gasteiger partial charge in [0, 0.05) is 31.4 Å². The highest BCUT2D eigenvalue weighted by atomic mass is 16.5. The zero-order valence-corrected chi connectivity index (χ0v) is 12.7. The third kappa shape index (κ3) is 3.16. The number of hydrogen-bond donors (Lipinski definition) is 1. The van der Waals surface area contributed by atoms with E-state index < -0.39 is 0 Å². The summed E-state index contributed by atoms with van der Waals surface area (Å²) < 4.78 is 7.68. The van der Waals surface area contributed by atoms with Crippen LogP contribution in [0.3, 0.4) is 0 Å². The molecule has 2 aromatic rings. The van der Waals surface area contributed by atoms with Gasteiger partial charge in [0.15, 0.2) is 0 Å². The molecule has 0 spiro atoms. The molecule has 21 heavy (non-hydrogen) atoms. The summed E-state index contributed by atoms with van der Waals surface area (Å²) in [7, 11) is 0. The molecule has 6 heteroatoms. The van der Waals surface area contributed by atoms with E-state index >= 15 is 0 Å². The summed E-state index contributed by atoms with van der Waals surface area (Å²) in [5.41, 5.74) is 3.61. The van der Waals surface area contributed by atoms with Gasteiger partial charge in [-0.05, 0) is 18.9 Å². The molecule has 1 saturated heterocycles. The van der Waals surface area contributed by atoms with Crippen LogP contribution in [0, 0.1) is 6.92 Å². The lowest BCUT2D eigenvalue weighted by Gasteiger charge is -2.35. The third-order valence-electron chi connectivity index (χ3n) is 3.97. The lowest BCUT2D eigenvalue weighted by Crippen LogP contribution is -2.39. The molecule has 2 aromatic heterocycles. The summed E-state index contributed by atoms with van der Waals surface area (Å²) >= 11 is 0. The van der Waals surface area contributed by atoms with Crippen molar-refractivity contribution >= 4 is 0 Å². The van der Waals surface area contributed by atoms with E-state index in [0.717, 1.165) is 38.4 Å². The first-order valence-electron chi connectivity index (χ1n) is 7.61. The van der Waals surface area contributed by atoms with E-state index in [4.69, 9.17) is 4.74 Å². The van der Waals surface area contributed by atoms with E-state index in [0.29, 0.717) is 6.61 Å². The summed E-state index contributed by atoms with van der Waals surface area (Å²) in [4.78, 5) is 2.44. The van der Waals surface area contributed by atoms with E-state index in [1.54, 1.807) is 0 Å². The molecular weight excluding hydrogens is 266 g/mol. The van der Waals surface area contributed by atoms with E-state index in [1.807, 2.05) is 17.1 Å². The van der Waals surface area contributed by atoms with E-state index in [1.165, 1.54) is 11.1 Å². The van der Waals surface area contributed by atoms with Crippen molar-refractivity contribution in [1.82, 2.24) is 24.9 Å². The molecule has 0 bridgehead atoms. The summed E-state index contributed by atoms with van der Waals surface area (Å²) in [6, 6.07) is 0.246. The van der Waals surface area contributed by atoms with Crippen LogP contribution in [-0.4, -0.2) is 44.6 Å². The minimum absolute atomic E-state index is 0.246. The van der Waals surface area contributed by atoms with Gasteiger partial charge >= 0.3 is 0 Å². The molecule has 0 aromatic carbocycles. The molecule has 0 radical (unpaired) electrons. The third-order valence-corrected chi connectivity index (χ3v) is 3.97. The number of aromatic nitrogens is 4. The number of H-pyrrole nitrogens is 1. The average Bonchev–Trinajstić information content (AvgIpc) is 3.09. The second-order valence-corrected chi connectivity index (χ2v) is 5.64. The number of nitrogens with one attached hydrogen (secondary N) is 1. The van der Waals surface area contributed by atoms with Crippen molar-refractivity contribution in [2.75, 3.05) is 19.8 Å². The van der Waals surface area contributed by atoms with Gasteiger partial charge in [-0.25, -0.2) is 0 Å². The van der Waals surface area contributed by atoms with Crippen LogP contribution in [0.4, 0.5) is 0 Å². The molecule has 0 unspecified atom stereocenters. The second-order valence-electron chi connectivity index (χ2n) is 5.64. The molecule has 1 atom stereocenters. The maximum Gasteiger partial charge on any atom is 0.0758 e. The smallest absolute Gasteiger partial charge is 0.0758 e. The number of morpholine rings is 1. The van der Waals surface area contributed by atoms with Crippen LogP contribution in [0.2, 0.25) is 0 Å². The Bertz CT molecular complexity index is 576. The molecule has 0 amide bonds. The highest BCUT2D eigenvalue weighted by molar-refractivity contribution is 5.19. The van der Waals surface area contributed by atoms with Crippen molar-refractivity contribution in [2.45, 2.75) is 39.4 Å². The number of aromatic amines is 1. The van der Waals surface area contributed by atoms with Crippen LogP contribution in [0.1, 0.15) is 36.2 Å². The zero-order chi connectivity index (χ0) is 14.7. The van der Waals surface area contributed by atoms with Gasteiger partial charge in [-0.2, -0.15) is 10.2 Å². The van der Waals surface area contributed by atoms with Gasteiger partial charge in [0.2, 0.25) is 0 Å². The molecule has 114 valence electrons. The summed E-state index contributed by atoms with van der Waals surface area (Å²) in [6.45, 7) is 8.56. The Balaban J connectivity index is 1.73. The van der Waals surface area contributed by atoms with Crippen LogP contribution in [0.5, 0.6) is 0 Å². The first-order chi connectivity index (χ1) is 10.3. The highest BCUT2D eigenvalue weighted by Crippen LogP contribution is 2.26. The monoisotopic (exact) mass is 289 g/mol.